The largest absolute Gasteiger partial charge is 0.344 e. The lowest BCUT2D eigenvalue weighted by atomic mass is 10.0. The summed E-state index contributed by atoms with van der Waals surface area (Å²) >= 11 is 0. The minimum atomic E-state index is -0.731. The summed E-state index contributed by atoms with van der Waals surface area (Å²) in [6, 6.07) is 9.72. The minimum Gasteiger partial charge on any atom is -0.344 e. The van der Waals surface area contributed by atoms with Gasteiger partial charge in [-0.2, -0.15) is 5.26 Å². The molecule has 2 aliphatic rings. The number of amides is 4. The van der Waals surface area contributed by atoms with Crippen molar-refractivity contribution in [2.24, 2.45) is 23.2 Å². The highest BCUT2D eigenvalue weighted by atomic mass is 16.2. The van der Waals surface area contributed by atoms with Crippen LogP contribution in [0.15, 0.2) is 30.3 Å². The van der Waals surface area contributed by atoms with Gasteiger partial charge in [0.2, 0.25) is 23.6 Å². The van der Waals surface area contributed by atoms with E-state index in [9.17, 15) is 24.4 Å². The highest BCUT2D eigenvalue weighted by Crippen LogP contribution is 2.34. The van der Waals surface area contributed by atoms with Crippen molar-refractivity contribution in [3.05, 3.63) is 30.3 Å². The number of carbonyl (C=O) groups is 4. The van der Waals surface area contributed by atoms with E-state index >= 15 is 0 Å². The standard InChI is InChI=1S/C25H33N5O4.C5H12/c1-16(2)23(32)28-21(11-17-9-10-17)25(34)29(3)15-22(31)30-14-18(12-20(30)13-26)24(33)27-19-7-5-4-6-8-19;1-5(2,3)4/h4-8,16-18,20-21H,9-12,14-15H2,1-3H3,(H,27,33)(H,28,32);1-4H3. The van der Waals surface area contributed by atoms with E-state index in [0.29, 0.717) is 23.4 Å². The van der Waals surface area contributed by atoms with Crippen molar-refractivity contribution in [3.63, 3.8) is 0 Å². The molecule has 39 heavy (non-hydrogen) atoms. The summed E-state index contributed by atoms with van der Waals surface area (Å²) in [6.45, 7) is 12.2. The highest BCUT2D eigenvalue weighted by molar-refractivity contribution is 5.94. The first-order valence-corrected chi connectivity index (χ1v) is 13.8. The van der Waals surface area contributed by atoms with E-state index in [1.165, 1.54) is 16.8 Å². The van der Waals surface area contributed by atoms with Gasteiger partial charge in [0.15, 0.2) is 0 Å². The molecule has 1 heterocycles. The van der Waals surface area contributed by atoms with Crippen molar-refractivity contribution in [2.45, 2.75) is 79.3 Å². The third-order valence-electron chi connectivity index (χ3n) is 6.34. The van der Waals surface area contributed by atoms with Crippen LogP contribution in [0.1, 0.15) is 67.2 Å². The second-order valence-electron chi connectivity index (χ2n) is 12.6. The third-order valence-corrected chi connectivity index (χ3v) is 6.34. The minimum absolute atomic E-state index is 0.118. The van der Waals surface area contributed by atoms with Gasteiger partial charge in [-0.15, -0.1) is 0 Å². The van der Waals surface area contributed by atoms with Crippen LogP contribution >= 0.6 is 0 Å². The van der Waals surface area contributed by atoms with Gasteiger partial charge in [0.25, 0.3) is 0 Å². The topological polar surface area (TPSA) is 123 Å². The zero-order valence-electron chi connectivity index (χ0n) is 24.5. The number of hydrogen-bond donors (Lipinski definition) is 2. The summed E-state index contributed by atoms with van der Waals surface area (Å²) in [7, 11) is 1.53. The molecule has 1 aliphatic carbocycles. The Morgan fingerprint density at radius 2 is 1.69 bits per heavy atom. The van der Waals surface area contributed by atoms with Crippen LogP contribution in [0.5, 0.6) is 0 Å². The first-order valence-electron chi connectivity index (χ1n) is 13.8. The Morgan fingerprint density at radius 1 is 1.10 bits per heavy atom. The zero-order valence-corrected chi connectivity index (χ0v) is 24.5. The number of hydrogen-bond acceptors (Lipinski definition) is 5. The molecule has 214 valence electrons. The molecule has 1 saturated carbocycles. The van der Waals surface area contributed by atoms with Gasteiger partial charge < -0.3 is 20.4 Å². The van der Waals surface area contributed by atoms with Gasteiger partial charge in [0, 0.05) is 25.2 Å². The van der Waals surface area contributed by atoms with Crippen LogP contribution < -0.4 is 10.6 Å². The number of nitrogens with one attached hydrogen (secondary N) is 2. The first kappa shape index (κ1) is 31.8. The van der Waals surface area contributed by atoms with E-state index in [1.807, 2.05) is 18.2 Å². The highest BCUT2D eigenvalue weighted by Gasteiger charge is 2.40. The number of carbonyl (C=O) groups excluding carboxylic acids is 4. The molecule has 0 bridgehead atoms. The second-order valence-corrected chi connectivity index (χ2v) is 12.6. The Morgan fingerprint density at radius 3 is 2.21 bits per heavy atom. The zero-order chi connectivity index (χ0) is 29.3. The molecule has 9 nitrogen and oxygen atoms in total. The van der Waals surface area contributed by atoms with Crippen LogP contribution in [0.25, 0.3) is 0 Å². The predicted molar refractivity (Wildman–Crippen MR) is 151 cm³/mol. The number of nitriles is 1. The molecular formula is C30H45N5O4. The summed E-state index contributed by atoms with van der Waals surface area (Å²) < 4.78 is 0. The molecule has 4 amide bonds. The average molecular weight is 540 g/mol. The van der Waals surface area contributed by atoms with Crippen LogP contribution in [0, 0.1) is 34.5 Å². The van der Waals surface area contributed by atoms with E-state index in [2.05, 4.69) is 44.4 Å². The molecule has 1 aromatic carbocycles. The van der Waals surface area contributed by atoms with Crippen molar-refractivity contribution < 1.29 is 19.2 Å². The molecular weight excluding hydrogens is 494 g/mol. The maximum Gasteiger partial charge on any atom is 0.245 e. The van der Waals surface area contributed by atoms with Gasteiger partial charge in [-0.05, 0) is 36.3 Å². The number of rotatable bonds is 9. The van der Waals surface area contributed by atoms with Crippen LogP contribution in [-0.2, 0) is 19.2 Å². The first-order chi connectivity index (χ1) is 18.2. The van der Waals surface area contributed by atoms with Gasteiger partial charge in [-0.3, -0.25) is 19.2 Å². The molecule has 3 atom stereocenters. The Hall–Kier alpha value is -3.41. The molecule has 0 aromatic heterocycles. The molecule has 1 aliphatic heterocycles. The monoisotopic (exact) mass is 539 g/mol. The Labute approximate surface area is 233 Å². The lowest BCUT2D eigenvalue weighted by Crippen LogP contribution is -2.51. The van der Waals surface area contributed by atoms with Gasteiger partial charge >= 0.3 is 0 Å². The number of para-hydroxylation sites is 1. The summed E-state index contributed by atoms with van der Waals surface area (Å²) in [5.41, 5.74) is 1.15. The van der Waals surface area contributed by atoms with E-state index < -0.39 is 23.9 Å². The Balaban J connectivity index is 0.000000976. The molecule has 3 unspecified atom stereocenters. The molecule has 0 radical (unpaired) electrons. The number of benzene rings is 1. The lowest BCUT2D eigenvalue weighted by Gasteiger charge is -2.27. The lowest BCUT2D eigenvalue weighted by molar-refractivity contribution is -0.142. The average Bonchev–Trinajstić information content (AvgIpc) is 3.56. The molecule has 3 rings (SSSR count). The third kappa shape index (κ3) is 11.1. The SMILES string of the molecule is CC(C)(C)C.CC(C)C(=O)NC(CC1CC1)C(=O)N(C)CC(=O)N1CC(C(=O)Nc2ccccc2)CC1C#N. The van der Waals surface area contributed by atoms with Gasteiger partial charge in [-0.1, -0.05) is 72.6 Å². The van der Waals surface area contributed by atoms with E-state index in [-0.39, 0.29) is 43.1 Å². The summed E-state index contributed by atoms with van der Waals surface area (Å²) in [6.07, 6.45) is 2.87. The summed E-state index contributed by atoms with van der Waals surface area (Å²) in [5, 5.41) is 15.2. The van der Waals surface area contributed by atoms with E-state index in [4.69, 9.17) is 0 Å². The van der Waals surface area contributed by atoms with Crippen LogP contribution in [0.4, 0.5) is 5.69 Å². The molecule has 2 N–H and O–H groups in total. The van der Waals surface area contributed by atoms with Crippen molar-refractivity contribution >= 4 is 29.3 Å². The fourth-order valence-electron chi connectivity index (χ4n) is 4.07. The smallest absolute Gasteiger partial charge is 0.245 e. The normalized spacial score (nSPS) is 19.3. The predicted octanol–water partition coefficient (Wildman–Crippen LogP) is 3.82. The number of nitrogens with zero attached hydrogens (tertiary/aromatic N) is 3. The fourth-order valence-corrected chi connectivity index (χ4v) is 4.07. The van der Waals surface area contributed by atoms with Crippen molar-refractivity contribution in [1.29, 1.82) is 5.26 Å². The van der Waals surface area contributed by atoms with E-state index in [0.717, 1.165) is 12.8 Å². The van der Waals surface area contributed by atoms with Crippen molar-refractivity contribution in [1.82, 2.24) is 15.1 Å². The van der Waals surface area contributed by atoms with Crippen molar-refractivity contribution in [2.75, 3.05) is 25.5 Å². The number of likely N-dealkylation sites (N-methyl/N-ethyl adjacent to an activating group) is 1. The molecule has 1 aromatic rings. The van der Waals surface area contributed by atoms with Crippen LogP contribution in [0.3, 0.4) is 0 Å². The number of anilines is 1. The molecule has 0 spiro atoms. The van der Waals surface area contributed by atoms with Crippen LogP contribution in [-0.4, -0.2) is 65.6 Å². The fraction of sp³-hybridized carbons (Fsp3) is 0.633. The summed E-state index contributed by atoms with van der Waals surface area (Å²) in [4.78, 5) is 53.6. The quantitative estimate of drug-likeness (QED) is 0.494. The maximum atomic E-state index is 13.1. The van der Waals surface area contributed by atoms with Gasteiger partial charge in [0.05, 0.1) is 18.5 Å². The summed E-state index contributed by atoms with van der Waals surface area (Å²) in [5.74, 6) is -1.50. The van der Waals surface area contributed by atoms with E-state index in [1.54, 1.807) is 26.0 Å². The molecule has 1 saturated heterocycles. The second kappa shape index (κ2) is 14.1. The molecule has 2 fully saturated rings. The molecule has 9 heteroatoms. The maximum absolute atomic E-state index is 13.1. The number of likely N-dealkylation sites (tertiary alicyclic amines) is 1. The van der Waals surface area contributed by atoms with Crippen LogP contribution in [0.2, 0.25) is 0 Å². The Bertz CT molecular complexity index is 1030. The van der Waals surface area contributed by atoms with Gasteiger partial charge in [0.1, 0.15) is 12.1 Å². The van der Waals surface area contributed by atoms with Gasteiger partial charge in [-0.25, -0.2) is 0 Å². The van der Waals surface area contributed by atoms with Crippen molar-refractivity contribution in [3.8, 4) is 6.07 Å². The Kier molecular flexibility index (Phi) is 11.5.